The van der Waals surface area contributed by atoms with Crippen LogP contribution < -0.4 is 4.90 Å². The van der Waals surface area contributed by atoms with Crippen molar-refractivity contribution in [2.24, 2.45) is 0 Å². The van der Waals surface area contributed by atoms with Crippen LogP contribution in [0.1, 0.15) is 43.5 Å². The Morgan fingerprint density at radius 2 is 1.91 bits per heavy atom. The number of anilines is 1. The van der Waals surface area contributed by atoms with E-state index in [1.165, 1.54) is 12.8 Å². The van der Waals surface area contributed by atoms with Crippen molar-refractivity contribution in [3.8, 4) is 0 Å². The van der Waals surface area contributed by atoms with Crippen molar-refractivity contribution >= 4 is 11.5 Å². The molecule has 8 heteroatoms. The van der Waals surface area contributed by atoms with Crippen LogP contribution in [0, 0.1) is 0 Å². The van der Waals surface area contributed by atoms with Gasteiger partial charge in [0.1, 0.15) is 24.3 Å². The molecule has 8 nitrogen and oxygen atoms in total. The summed E-state index contributed by atoms with van der Waals surface area (Å²) in [7, 11) is 0. The lowest BCUT2D eigenvalue weighted by Crippen LogP contribution is -2.36. The standard InChI is InChI=1S/C15H18N8/c1-2-11(15-20-18-9-22(15)12-3-4-12)8-21(5-1)14-7-16-6-13-19-17-10-23(13)14/h6-7,9-12H,1-5,8H2. The second-order valence-electron chi connectivity index (χ2n) is 6.44. The fourth-order valence-electron chi connectivity index (χ4n) is 3.55. The lowest BCUT2D eigenvalue weighted by atomic mass is 9.97. The van der Waals surface area contributed by atoms with Gasteiger partial charge in [0.05, 0.1) is 12.4 Å². The molecule has 0 amide bonds. The minimum absolute atomic E-state index is 0.415. The van der Waals surface area contributed by atoms with Gasteiger partial charge < -0.3 is 9.47 Å². The first-order valence-corrected chi connectivity index (χ1v) is 8.18. The molecule has 0 radical (unpaired) electrons. The molecule has 0 aromatic carbocycles. The third-order valence-electron chi connectivity index (χ3n) is 4.85. The Morgan fingerprint density at radius 3 is 2.83 bits per heavy atom. The SMILES string of the molecule is c1ncc2nncn2c1N1CCCC(c2nncn2C2CC2)C1. The molecule has 0 spiro atoms. The van der Waals surface area contributed by atoms with E-state index < -0.39 is 0 Å². The van der Waals surface area contributed by atoms with Gasteiger partial charge in [-0.05, 0) is 25.7 Å². The van der Waals surface area contributed by atoms with Crippen LogP contribution in [-0.2, 0) is 0 Å². The fourth-order valence-corrected chi connectivity index (χ4v) is 3.55. The monoisotopic (exact) mass is 310 g/mol. The summed E-state index contributed by atoms with van der Waals surface area (Å²) < 4.78 is 4.28. The van der Waals surface area contributed by atoms with Gasteiger partial charge in [0, 0.05) is 25.0 Å². The van der Waals surface area contributed by atoms with Crippen LogP contribution in [-0.4, -0.2) is 47.4 Å². The third-order valence-corrected chi connectivity index (χ3v) is 4.85. The molecular weight excluding hydrogens is 292 g/mol. The molecular formula is C15H18N8. The number of aromatic nitrogens is 7. The van der Waals surface area contributed by atoms with Crippen LogP contribution in [0.2, 0.25) is 0 Å². The van der Waals surface area contributed by atoms with Crippen LogP contribution in [0.4, 0.5) is 5.82 Å². The van der Waals surface area contributed by atoms with Crippen molar-refractivity contribution in [1.82, 2.24) is 34.3 Å². The molecule has 23 heavy (non-hydrogen) atoms. The van der Waals surface area contributed by atoms with Gasteiger partial charge in [-0.2, -0.15) is 0 Å². The summed E-state index contributed by atoms with van der Waals surface area (Å²) in [5.41, 5.74) is 0.783. The number of piperidine rings is 1. The highest BCUT2D eigenvalue weighted by Crippen LogP contribution is 2.38. The number of hydrogen-bond acceptors (Lipinski definition) is 6. The Hall–Kier alpha value is -2.51. The Kier molecular flexibility index (Phi) is 2.82. The van der Waals surface area contributed by atoms with Gasteiger partial charge in [0.2, 0.25) is 0 Å². The van der Waals surface area contributed by atoms with Crippen molar-refractivity contribution in [2.45, 2.75) is 37.6 Å². The summed E-state index contributed by atoms with van der Waals surface area (Å²) in [6.07, 6.45) is 12.1. The predicted octanol–water partition coefficient (Wildman–Crippen LogP) is 1.43. The van der Waals surface area contributed by atoms with Crippen LogP contribution in [0.25, 0.3) is 5.65 Å². The van der Waals surface area contributed by atoms with Gasteiger partial charge >= 0.3 is 0 Å². The summed E-state index contributed by atoms with van der Waals surface area (Å²) in [6.45, 7) is 1.96. The van der Waals surface area contributed by atoms with Crippen LogP contribution >= 0.6 is 0 Å². The van der Waals surface area contributed by atoms with Crippen molar-refractivity contribution in [1.29, 1.82) is 0 Å². The maximum absolute atomic E-state index is 4.42. The first-order chi connectivity index (χ1) is 11.4. The molecule has 2 fully saturated rings. The third kappa shape index (κ3) is 2.16. The highest BCUT2D eigenvalue weighted by atomic mass is 15.3. The molecule has 3 aromatic rings. The van der Waals surface area contributed by atoms with Gasteiger partial charge in [-0.25, -0.2) is 0 Å². The fraction of sp³-hybridized carbons (Fsp3) is 0.533. The summed E-state index contributed by atoms with van der Waals surface area (Å²) >= 11 is 0. The van der Waals surface area contributed by atoms with E-state index in [0.717, 1.165) is 43.2 Å². The maximum Gasteiger partial charge on any atom is 0.180 e. The number of rotatable bonds is 3. The zero-order chi connectivity index (χ0) is 15.2. The predicted molar refractivity (Wildman–Crippen MR) is 83.3 cm³/mol. The number of hydrogen-bond donors (Lipinski definition) is 0. The smallest absolute Gasteiger partial charge is 0.180 e. The van der Waals surface area contributed by atoms with E-state index in [2.05, 4.69) is 34.8 Å². The van der Waals surface area contributed by atoms with Gasteiger partial charge in [0.15, 0.2) is 5.65 Å². The molecule has 1 saturated heterocycles. The van der Waals surface area contributed by atoms with E-state index in [1.54, 1.807) is 12.5 Å². The molecule has 5 rings (SSSR count). The molecule has 1 saturated carbocycles. The zero-order valence-electron chi connectivity index (χ0n) is 12.8. The van der Waals surface area contributed by atoms with Gasteiger partial charge in [-0.15, -0.1) is 20.4 Å². The summed E-state index contributed by atoms with van der Waals surface area (Å²) in [5.74, 6) is 2.61. The minimum Gasteiger partial charge on any atom is -0.356 e. The Labute approximate surface area is 133 Å². The quantitative estimate of drug-likeness (QED) is 0.728. The second-order valence-corrected chi connectivity index (χ2v) is 6.44. The normalized spacial score (nSPS) is 21.9. The van der Waals surface area contributed by atoms with Gasteiger partial charge in [-0.1, -0.05) is 0 Å². The van der Waals surface area contributed by atoms with Crippen molar-refractivity contribution in [3.63, 3.8) is 0 Å². The highest BCUT2D eigenvalue weighted by molar-refractivity contribution is 5.48. The maximum atomic E-state index is 4.42. The summed E-state index contributed by atoms with van der Waals surface area (Å²) in [5, 5.41) is 16.7. The van der Waals surface area contributed by atoms with Crippen LogP contribution in [0.5, 0.6) is 0 Å². The van der Waals surface area contributed by atoms with E-state index >= 15 is 0 Å². The first-order valence-electron chi connectivity index (χ1n) is 8.18. The lowest BCUT2D eigenvalue weighted by Gasteiger charge is -2.33. The molecule has 118 valence electrons. The molecule has 3 aromatic heterocycles. The summed E-state index contributed by atoms with van der Waals surface area (Å²) in [4.78, 5) is 6.67. The Bertz CT molecular complexity index is 833. The topological polar surface area (TPSA) is 77.0 Å². The minimum atomic E-state index is 0.415. The van der Waals surface area contributed by atoms with Crippen LogP contribution in [0.15, 0.2) is 25.0 Å². The van der Waals surface area contributed by atoms with Crippen molar-refractivity contribution in [3.05, 3.63) is 30.9 Å². The first kappa shape index (κ1) is 13.0. The van der Waals surface area contributed by atoms with Gasteiger partial charge in [0.25, 0.3) is 0 Å². The molecule has 1 atom stereocenters. The molecule has 2 aliphatic rings. The molecule has 1 aliphatic heterocycles. The number of fused-ring (bicyclic) bond motifs is 1. The van der Waals surface area contributed by atoms with Crippen LogP contribution in [0.3, 0.4) is 0 Å². The largest absolute Gasteiger partial charge is 0.356 e. The molecule has 0 N–H and O–H groups in total. The van der Waals surface area contributed by atoms with E-state index in [1.807, 2.05) is 16.9 Å². The van der Waals surface area contributed by atoms with E-state index in [9.17, 15) is 0 Å². The van der Waals surface area contributed by atoms with Gasteiger partial charge in [-0.3, -0.25) is 9.38 Å². The van der Waals surface area contributed by atoms with Crippen molar-refractivity contribution < 1.29 is 0 Å². The molecule has 1 unspecified atom stereocenters. The highest BCUT2D eigenvalue weighted by Gasteiger charge is 2.31. The van der Waals surface area contributed by atoms with E-state index in [0.29, 0.717) is 12.0 Å². The summed E-state index contributed by atoms with van der Waals surface area (Å²) in [6, 6.07) is 0.623. The van der Waals surface area contributed by atoms with E-state index in [-0.39, 0.29) is 0 Å². The average Bonchev–Trinajstić information content (AvgIpc) is 3.12. The molecule has 4 heterocycles. The Balaban J connectivity index is 1.46. The zero-order valence-corrected chi connectivity index (χ0v) is 12.8. The Morgan fingerprint density at radius 1 is 1.00 bits per heavy atom. The molecule has 0 bridgehead atoms. The van der Waals surface area contributed by atoms with E-state index in [4.69, 9.17) is 0 Å². The number of nitrogens with zero attached hydrogens (tertiary/aromatic N) is 8. The molecule has 1 aliphatic carbocycles. The second kappa shape index (κ2) is 5.00. The van der Waals surface area contributed by atoms with Crippen molar-refractivity contribution in [2.75, 3.05) is 18.0 Å². The lowest BCUT2D eigenvalue weighted by molar-refractivity contribution is 0.468. The average molecular weight is 310 g/mol.